The summed E-state index contributed by atoms with van der Waals surface area (Å²) >= 11 is 7.27. The Morgan fingerprint density at radius 2 is 1.94 bits per heavy atom. The van der Waals surface area contributed by atoms with Gasteiger partial charge in [-0.3, -0.25) is 0 Å². The molecule has 0 spiro atoms. The monoisotopic (exact) mass is 248 g/mol. The lowest BCUT2D eigenvalue weighted by Gasteiger charge is -2.01. The lowest BCUT2D eigenvalue weighted by molar-refractivity contribution is 1.49. The molecule has 0 atom stereocenters. The molecule has 0 radical (unpaired) electrons. The second-order valence-corrected chi connectivity index (χ2v) is 5.08. The van der Waals surface area contributed by atoms with Gasteiger partial charge in [0.15, 0.2) is 0 Å². The van der Waals surface area contributed by atoms with Crippen molar-refractivity contribution >= 4 is 27.9 Å². The molecule has 0 bridgehead atoms. The van der Waals surface area contributed by atoms with E-state index in [1.54, 1.807) is 0 Å². The number of benzene rings is 1. The Bertz CT molecular complexity index is 564. The first-order valence-electron chi connectivity index (χ1n) is 4.68. The lowest BCUT2D eigenvalue weighted by Crippen LogP contribution is -1.86. The van der Waals surface area contributed by atoms with E-state index >= 15 is 0 Å². The highest BCUT2D eigenvalue weighted by molar-refractivity contribution is 7.16. The average Bonchev–Trinajstić information content (AvgIpc) is 2.54. The molecule has 0 aliphatic heterocycles. The van der Waals surface area contributed by atoms with E-state index in [0.717, 1.165) is 16.0 Å². The molecule has 2 rings (SSSR count). The van der Waals surface area contributed by atoms with Crippen molar-refractivity contribution in [3.05, 3.63) is 39.7 Å². The van der Waals surface area contributed by atoms with E-state index in [0.29, 0.717) is 15.6 Å². The molecule has 0 amide bonds. The number of nitrogens with zero attached hydrogens (tertiary/aromatic N) is 1. The van der Waals surface area contributed by atoms with Crippen molar-refractivity contribution in [2.45, 2.75) is 6.92 Å². The van der Waals surface area contributed by atoms with Gasteiger partial charge in [-0.05, 0) is 24.6 Å². The maximum atomic E-state index is 9.08. The van der Waals surface area contributed by atoms with Crippen LogP contribution in [0.2, 0.25) is 5.02 Å². The van der Waals surface area contributed by atoms with E-state index in [2.05, 4.69) is 6.07 Å². The minimum Gasteiger partial charge on any atom is -0.389 e. The first-order chi connectivity index (χ1) is 7.63. The summed E-state index contributed by atoms with van der Waals surface area (Å²) in [5, 5.41) is 10.3. The summed E-state index contributed by atoms with van der Waals surface area (Å²) in [4.78, 5) is 1.05. The van der Waals surface area contributed by atoms with Crippen molar-refractivity contribution in [2.24, 2.45) is 0 Å². The molecule has 0 aliphatic carbocycles. The number of thiophene rings is 1. The Labute approximate surface area is 103 Å². The number of rotatable bonds is 1. The van der Waals surface area contributed by atoms with Crippen LogP contribution < -0.4 is 5.73 Å². The van der Waals surface area contributed by atoms with Crippen LogP contribution in [-0.2, 0) is 0 Å². The number of nitriles is 1. The van der Waals surface area contributed by atoms with Crippen molar-refractivity contribution in [3.63, 3.8) is 0 Å². The summed E-state index contributed by atoms with van der Waals surface area (Å²) in [6, 6.07) is 9.57. The Kier molecular flexibility index (Phi) is 2.86. The highest BCUT2D eigenvalue weighted by atomic mass is 35.5. The molecule has 4 heteroatoms. The van der Waals surface area contributed by atoms with Gasteiger partial charge < -0.3 is 5.73 Å². The standard InChI is InChI=1S/C12H9ClN2S/c1-7-11(10(6-14)12(15)16-7)8-2-4-9(13)5-3-8/h2-5H,15H2,1H3. The second-order valence-electron chi connectivity index (χ2n) is 3.39. The zero-order valence-electron chi connectivity index (χ0n) is 8.62. The molecule has 0 saturated carbocycles. The molecular formula is C12H9ClN2S. The second kappa shape index (κ2) is 4.17. The molecule has 0 unspecified atom stereocenters. The summed E-state index contributed by atoms with van der Waals surface area (Å²) < 4.78 is 0. The van der Waals surface area contributed by atoms with Crippen LogP contribution >= 0.6 is 22.9 Å². The van der Waals surface area contributed by atoms with Gasteiger partial charge in [0, 0.05) is 15.5 Å². The third kappa shape index (κ3) is 1.78. The number of anilines is 1. The highest BCUT2D eigenvalue weighted by Gasteiger charge is 2.14. The number of hydrogen-bond acceptors (Lipinski definition) is 3. The Morgan fingerprint density at radius 1 is 1.31 bits per heavy atom. The number of aryl methyl sites for hydroxylation is 1. The van der Waals surface area contributed by atoms with Crippen LogP contribution in [0.3, 0.4) is 0 Å². The first-order valence-corrected chi connectivity index (χ1v) is 5.88. The summed E-state index contributed by atoms with van der Waals surface area (Å²) in [5.74, 6) is 0. The van der Waals surface area contributed by atoms with E-state index in [-0.39, 0.29) is 0 Å². The fraction of sp³-hybridized carbons (Fsp3) is 0.0833. The predicted octanol–water partition coefficient (Wildman–Crippen LogP) is 3.83. The zero-order valence-corrected chi connectivity index (χ0v) is 10.2. The molecule has 1 aromatic carbocycles. The summed E-state index contributed by atoms with van der Waals surface area (Å²) in [6.07, 6.45) is 0. The predicted molar refractivity (Wildman–Crippen MR) is 68.6 cm³/mol. The van der Waals surface area contributed by atoms with E-state index in [1.165, 1.54) is 11.3 Å². The maximum Gasteiger partial charge on any atom is 0.105 e. The van der Waals surface area contributed by atoms with E-state index in [1.807, 2.05) is 31.2 Å². The van der Waals surface area contributed by atoms with Gasteiger partial charge in [0.2, 0.25) is 0 Å². The van der Waals surface area contributed by atoms with Gasteiger partial charge in [0.05, 0.1) is 5.56 Å². The van der Waals surface area contributed by atoms with E-state index in [4.69, 9.17) is 22.6 Å². The Morgan fingerprint density at radius 3 is 2.50 bits per heavy atom. The molecule has 1 aromatic heterocycles. The fourth-order valence-corrected chi connectivity index (χ4v) is 2.67. The summed E-state index contributed by atoms with van der Waals surface area (Å²) in [6.45, 7) is 1.96. The molecule has 2 nitrogen and oxygen atoms in total. The van der Waals surface area contributed by atoms with Gasteiger partial charge >= 0.3 is 0 Å². The van der Waals surface area contributed by atoms with Crippen molar-refractivity contribution < 1.29 is 0 Å². The van der Waals surface area contributed by atoms with Crippen molar-refractivity contribution in [2.75, 3.05) is 5.73 Å². The van der Waals surface area contributed by atoms with Crippen LogP contribution in [0.4, 0.5) is 5.00 Å². The van der Waals surface area contributed by atoms with Gasteiger partial charge in [-0.1, -0.05) is 23.7 Å². The van der Waals surface area contributed by atoms with Crippen LogP contribution in [-0.4, -0.2) is 0 Å². The van der Waals surface area contributed by atoms with E-state index in [9.17, 15) is 0 Å². The minimum atomic E-state index is 0.560. The third-order valence-electron chi connectivity index (χ3n) is 2.36. The number of halogens is 1. The molecule has 1 heterocycles. The smallest absolute Gasteiger partial charge is 0.105 e. The van der Waals surface area contributed by atoms with Crippen LogP contribution in [0.15, 0.2) is 24.3 Å². The summed E-state index contributed by atoms with van der Waals surface area (Å²) in [5.41, 5.74) is 8.25. The number of hydrogen-bond donors (Lipinski definition) is 1. The highest BCUT2D eigenvalue weighted by Crippen LogP contribution is 2.37. The lowest BCUT2D eigenvalue weighted by atomic mass is 10.0. The van der Waals surface area contributed by atoms with Crippen LogP contribution in [0.1, 0.15) is 10.4 Å². The molecule has 0 aliphatic rings. The van der Waals surface area contributed by atoms with Gasteiger partial charge in [-0.2, -0.15) is 5.26 Å². The molecule has 0 saturated heterocycles. The molecule has 80 valence electrons. The zero-order chi connectivity index (χ0) is 11.7. The Hall–Kier alpha value is -1.50. The van der Waals surface area contributed by atoms with Gasteiger partial charge in [-0.15, -0.1) is 11.3 Å². The van der Waals surface area contributed by atoms with Crippen molar-refractivity contribution in [1.82, 2.24) is 0 Å². The first kappa shape index (κ1) is 11.0. The largest absolute Gasteiger partial charge is 0.389 e. The van der Waals surface area contributed by atoms with Gasteiger partial charge in [0.25, 0.3) is 0 Å². The molecule has 2 N–H and O–H groups in total. The SMILES string of the molecule is Cc1sc(N)c(C#N)c1-c1ccc(Cl)cc1. The normalized spacial score (nSPS) is 10.1. The van der Waals surface area contributed by atoms with Gasteiger partial charge in [-0.25, -0.2) is 0 Å². The molecular weight excluding hydrogens is 240 g/mol. The quantitative estimate of drug-likeness (QED) is 0.834. The van der Waals surface area contributed by atoms with Gasteiger partial charge in [0.1, 0.15) is 11.1 Å². The fourth-order valence-electron chi connectivity index (χ4n) is 1.64. The molecule has 2 aromatic rings. The van der Waals surface area contributed by atoms with Crippen molar-refractivity contribution in [1.29, 1.82) is 5.26 Å². The number of nitrogens with two attached hydrogens (primary N) is 1. The van der Waals surface area contributed by atoms with E-state index < -0.39 is 0 Å². The summed E-state index contributed by atoms with van der Waals surface area (Å²) in [7, 11) is 0. The molecule has 16 heavy (non-hydrogen) atoms. The van der Waals surface area contributed by atoms with Crippen LogP contribution in [0, 0.1) is 18.3 Å². The molecule has 0 fully saturated rings. The average molecular weight is 249 g/mol. The third-order valence-corrected chi connectivity index (χ3v) is 3.54. The topological polar surface area (TPSA) is 49.8 Å². The van der Waals surface area contributed by atoms with Crippen LogP contribution in [0.25, 0.3) is 11.1 Å². The van der Waals surface area contributed by atoms with Crippen molar-refractivity contribution in [3.8, 4) is 17.2 Å². The Balaban J connectivity index is 2.64. The maximum absolute atomic E-state index is 9.08. The minimum absolute atomic E-state index is 0.560. The van der Waals surface area contributed by atoms with Crippen LogP contribution in [0.5, 0.6) is 0 Å². The number of nitrogen functional groups attached to an aromatic ring is 1.